The van der Waals surface area contributed by atoms with E-state index in [1.165, 1.54) is 0 Å². The summed E-state index contributed by atoms with van der Waals surface area (Å²) in [4.78, 5) is 0. The number of amidine groups is 1. The van der Waals surface area contributed by atoms with Crippen LogP contribution in [-0.2, 0) is 0 Å². The van der Waals surface area contributed by atoms with Crippen molar-refractivity contribution in [3.63, 3.8) is 0 Å². The minimum absolute atomic E-state index is 0.0922. The van der Waals surface area contributed by atoms with Crippen molar-refractivity contribution in [2.24, 2.45) is 10.9 Å². The minimum atomic E-state index is 0.0922. The fraction of sp³-hybridized carbons (Fsp3) is 0.500. The summed E-state index contributed by atoms with van der Waals surface area (Å²) in [5.41, 5.74) is 6.04. The molecule has 0 saturated heterocycles. The maximum absolute atomic E-state index is 8.42. The van der Waals surface area contributed by atoms with Crippen molar-refractivity contribution in [3.05, 3.63) is 18.0 Å². The second kappa shape index (κ2) is 3.93. The van der Waals surface area contributed by atoms with Crippen LogP contribution in [0.2, 0.25) is 0 Å². The van der Waals surface area contributed by atoms with Gasteiger partial charge < -0.3 is 10.9 Å². The number of hydrogen-bond donors (Lipinski definition) is 2. The summed E-state index contributed by atoms with van der Waals surface area (Å²) in [6, 6.07) is 0.334. The van der Waals surface area contributed by atoms with Crippen LogP contribution in [-0.4, -0.2) is 20.8 Å². The molecule has 0 radical (unpaired) electrons. The molecular formula is C8H14N4O. The predicted octanol–water partition coefficient (Wildman–Crippen LogP) is 0.949. The Balaban J connectivity index is 2.86. The normalized spacial score (nSPS) is 14.5. The van der Waals surface area contributed by atoms with E-state index in [1.54, 1.807) is 17.1 Å². The average molecular weight is 182 g/mol. The molecule has 1 atom stereocenters. The van der Waals surface area contributed by atoms with Crippen LogP contribution in [0.4, 0.5) is 0 Å². The van der Waals surface area contributed by atoms with Crippen molar-refractivity contribution in [2.45, 2.75) is 26.3 Å². The highest BCUT2D eigenvalue weighted by Gasteiger charge is 2.06. The molecule has 1 aromatic heterocycles. The maximum Gasteiger partial charge on any atom is 0.173 e. The lowest BCUT2D eigenvalue weighted by Gasteiger charge is -2.07. The van der Waals surface area contributed by atoms with E-state index in [0.29, 0.717) is 11.6 Å². The highest BCUT2D eigenvalue weighted by molar-refractivity contribution is 5.96. The van der Waals surface area contributed by atoms with Crippen LogP contribution in [0, 0.1) is 0 Å². The Morgan fingerprint density at radius 3 is 3.08 bits per heavy atom. The summed E-state index contributed by atoms with van der Waals surface area (Å²) in [5, 5.41) is 15.4. The predicted molar refractivity (Wildman–Crippen MR) is 49.7 cm³/mol. The molecule has 72 valence electrons. The summed E-state index contributed by atoms with van der Waals surface area (Å²) < 4.78 is 1.80. The molecule has 0 aliphatic carbocycles. The monoisotopic (exact) mass is 182 g/mol. The van der Waals surface area contributed by atoms with Gasteiger partial charge in [0.2, 0.25) is 0 Å². The first kappa shape index (κ1) is 9.57. The molecule has 5 heteroatoms. The third kappa shape index (κ3) is 1.99. The van der Waals surface area contributed by atoms with Crippen molar-refractivity contribution in [3.8, 4) is 0 Å². The van der Waals surface area contributed by atoms with Crippen LogP contribution in [0.1, 0.15) is 31.9 Å². The molecule has 0 fully saturated rings. The molecular weight excluding hydrogens is 168 g/mol. The molecule has 0 aliphatic heterocycles. The molecule has 0 amide bonds. The highest BCUT2D eigenvalue weighted by Crippen LogP contribution is 2.09. The largest absolute Gasteiger partial charge is 0.409 e. The van der Waals surface area contributed by atoms with Crippen LogP contribution in [0.3, 0.4) is 0 Å². The van der Waals surface area contributed by atoms with Crippen molar-refractivity contribution >= 4 is 5.84 Å². The first-order valence-corrected chi connectivity index (χ1v) is 4.21. The third-order valence-electron chi connectivity index (χ3n) is 2.05. The zero-order valence-corrected chi connectivity index (χ0v) is 7.81. The zero-order chi connectivity index (χ0) is 9.84. The first-order valence-electron chi connectivity index (χ1n) is 4.21. The Labute approximate surface area is 76.8 Å². The molecule has 0 aliphatic rings. The Hall–Kier alpha value is -1.52. The van der Waals surface area contributed by atoms with Gasteiger partial charge in [-0.05, 0) is 13.3 Å². The van der Waals surface area contributed by atoms with Crippen molar-refractivity contribution in [1.82, 2.24) is 9.78 Å². The number of oxime groups is 1. The highest BCUT2D eigenvalue weighted by atomic mass is 16.4. The number of nitrogens with two attached hydrogens (primary N) is 1. The summed E-state index contributed by atoms with van der Waals surface area (Å²) in [5.74, 6) is 0.0922. The van der Waals surface area contributed by atoms with Gasteiger partial charge in [0.15, 0.2) is 5.84 Å². The van der Waals surface area contributed by atoms with E-state index in [4.69, 9.17) is 10.9 Å². The van der Waals surface area contributed by atoms with Crippen molar-refractivity contribution in [1.29, 1.82) is 0 Å². The molecule has 0 spiro atoms. The van der Waals surface area contributed by atoms with E-state index in [1.807, 2.05) is 0 Å². The topological polar surface area (TPSA) is 76.4 Å². The van der Waals surface area contributed by atoms with E-state index >= 15 is 0 Å². The molecule has 3 N–H and O–H groups in total. The molecule has 1 heterocycles. The summed E-state index contributed by atoms with van der Waals surface area (Å²) in [7, 11) is 0. The van der Waals surface area contributed by atoms with Gasteiger partial charge in [0.05, 0.1) is 11.8 Å². The molecule has 0 bridgehead atoms. The van der Waals surface area contributed by atoms with Crippen LogP contribution in [0.5, 0.6) is 0 Å². The molecule has 0 saturated carbocycles. The van der Waals surface area contributed by atoms with Crippen LogP contribution in [0.15, 0.2) is 17.5 Å². The van der Waals surface area contributed by atoms with E-state index in [9.17, 15) is 0 Å². The molecule has 1 unspecified atom stereocenters. The lowest BCUT2D eigenvalue weighted by Crippen LogP contribution is -2.12. The Morgan fingerprint density at radius 1 is 1.85 bits per heavy atom. The average Bonchev–Trinajstić information content (AvgIpc) is 2.64. The van der Waals surface area contributed by atoms with E-state index in [-0.39, 0.29) is 5.84 Å². The number of nitrogens with zero attached hydrogens (tertiary/aromatic N) is 3. The first-order chi connectivity index (χ1) is 6.19. The van der Waals surface area contributed by atoms with Gasteiger partial charge in [0, 0.05) is 12.2 Å². The van der Waals surface area contributed by atoms with Gasteiger partial charge in [-0.3, -0.25) is 4.68 Å². The van der Waals surface area contributed by atoms with Gasteiger partial charge in [0.25, 0.3) is 0 Å². The Bertz CT molecular complexity index is 305. The lowest BCUT2D eigenvalue weighted by atomic mass is 10.3. The standard InChI is InChI=1S/C8H14N4O/c1-3-6(2)12-5-7(4-10-12)8(9)11-13/h4-6,13H,3H2,1-2H3,(H2,9,11). The number of aromatic nitrogens is 2. The van der Waals surface area contributed by atoms with Crippen LogP contribution >= 0.6 is 0 Å². The van der Waals surface area contributed by atoms with Crippen molar-refractivity contribution < 1.29 is 5.21 Å². The molecule has 1 rings (SSSR count). The van der Waals surface area contributed by atoms with Gasteiger partial charge >= 0.3 is 0 Å². The Morgan fingerprint density at radius 2 is 2.54 bits per heavy atom. The van der Waals surface area contributed by atoms with E-state index < -0.39 is 0 Å². The summed E-state index contributed by atoms with van der Waals surface area (Å²) >= 11 is 0. The molecule has 1 aromatic rings. The quantitative estimate of drug-likeness (QED) is 0.316. The molecule has 0 aromatic carbocycles. The van der Waals surface area contributed by atoms with Crippen LogP contribution < -0.4 is 5.73 Å². The summed E-state index contributed by atoms with van der Waals surface area (Å²) in [6.07, 6.45) is 4.35. The van der Waals surface area contributed by atoms with E-state index in [0.717, 1.165) is 6.42 Å². The molecule has 13 heavy (non-hydrogen) atoms. The van der Waals surface area contributed by atoms with Gasteiger partial charge in [-0.25, -0.2) is 0 Å². The van der Waals surface area contributed by atoms with E-state index in [2.05, 4.69) is 24.1 Å². The SMILES string of the molecule is CCC(C)n1cc(/C(N)=N\O)cn1. The van der Waals surface area contributed by atoms with Gasteiger partial charge in [0.1, 0.15) is 0 Å². The Kier molecular flexibility index (Phi) is 2.89. The second-order valence-corrected chi connectivity index (χ2v) is 2.95. The van der Waals surface area contributed by atoms with Crippen LogP contribution in [0.25, 0.3) is 0 Å². The maximum atomic E-state index is 8.42. The lowest BCUT2D eigenvalue weighted by molar-refractivity contribution is 0.318. The van der Waals surface area contributed by atoms with Gasteiger partial charge in [-0.2, -0.15) is 5.10 Å². The smallest absolute Gasteiger partial charge is 0.173 e. The fourth-order valence-corrected chi connectivity index (χ4v) is 0.956. The van der Waals surface area contributed by atoms with Gasteiger partial charge in [-0.15, -0.1) is 0 Å². The second-order valence-electron chi connectivity index (χ2n) is 2.95. The minimum Gasteiger partial charge on any atom is -0.409 e. The summed E-state index contributed by atoms with van der Waals surface area (Å²) in [6.45, 7) is 4.14. The van der Waals surface area contributed by atoms with Crippen molar-refractivity contribution in [2.75, 3.05) is 0 Å². The third-order valence-corrected chi connectivity index (χ3v) is 2.05. The number of hydrogen-bond acceptors (Lipinski definition) is 3. The van der Waals surface area contributed by atoms with Gasteiger partial charge in [-0.1, -0.05) is 12.1 Å². The fourth-order valence-electron chi connectivity index (χ4n) is 0.956. The number of rotatable bonds is 3. The molecule has 5 nitrogen and oxygen atoms in total. The zero-order valence-electron chi connectivity index (χ0n) is 7.81.